The summed E-state index contributed by atoms with van der Waals surface area (Å²) in [6, 6.07) is 15.3. The molecule has 0 amide bonds. The van der Waals surface area contributed by atoms with Crippen molar-refractivity contribution >= 4 is 10.2 Å². The topological polar surface area (TPSA) is 62.3 Å². The van der Waals surface area contributed by atoms with Gasteiger partial charge in [0.05, 0.1) is 12.2 Å². The Bertz CT molecular complexity index is 745. The van der Waals surface area contributed by atoms with Gasteiger partial charge in [0.25, 0.3) is 10.2 Å². The lowest BCUT2D eigenvalue weighted by atomic mass is 9.95. The lowest BCUT2D eigenvalue weighted by molar-refractivity contribution is 0.243. The Morgan fingerprint density at radius 2 is 1.72 bits per heavy atom. The zero-order valence-electron chi connectivity index (χ0n) is 14.3. The van der Waals surface area contributed by atoms with Gasteiger partial charge in [-0.05, 0) is 30.5 Å². The Labute approximate surface area is 150 Å². The largest absolute Gasteiger partial charge is 0.280 e. The van der Waals surface area contributed by atoms with Gasteiger partial charge in [-0.1, -0.05) is 55.7 Å². The fraction of sp³-hybridized carbons (Fsp3) is 0.421. The summed E-state index contributed by atoms with van der Waals surface area (Å²) in [5.41, 5.74) is 1.73. The minimum atomic E-state index is -3.58. The third kappa shape index (κ3) is 5.11. The Morgan fingerprint density at radius 1 is 1.00 bits per heavy atom. The molecule has 0 spiro atoms. The molecule has 2 aromatic rings. The molecule has 0 radical (unpaired) electrons. The Hall–Kier alpha value is -1.76. The van der Waals surface area contributed by atoms with E-state index in [2.05, 4.69) is 9.71 Å². The molecule has 1 aromatic carbocycles. The van der Waals surface area contributed by atoms with Crippen molar-refractivity contribution in [1.82, 2.24) is 14.0 Å². The van der Waals surface area contributed by atoms with E-state index < -0.39 is 10.2 Å². The molecule has 1 aliphatic rings. The molecule has 1 aliphatic carbocycles. The van der Waals surface area contributed by atoms with E-state index in [0.29, 0.717) is 13.1 Å². The number of rotatable bonds is 7. The zero-order valence-corrected chi connectivity index (χ0v) is 15.2. The average Bonchev–Trinajstić information content (AvgIpc) is 2.67. The van der Waals surface area contributed by atoms with Crippen molar-refractivity contribution in [2.75, 3.05) is 0 Å². The van der Waals surface area contributed by atoms with Crippen LogP contribution in [0.3, 0.4) is 0 Å². The first-order valence-corrected chi connectivity index (χ1v) is 10.3. The predicted octanol–water partition coefficient (Wildman–Crippen LogP) is 3.25. The maximum absolute atomic E-state index is 13.0. The molecule has 0 atom stereocenters. The second kappa shape index (κ2) is 8.56. The first kappa shape index (κ1) is 18.0. The molecule has 134 valence electrons. The quantitative estimate of drug-likeness (QED) is 0.825. The Morgan fingerprint density at radius 3 is 2.40 bits per heavy atom. The highest BCUT2D eigenvalue weighted by atomic mass is 32.2. The van der Waals surface area contributed by atoms with Crippen molar-refractivity contribution in [2.45, 2.75) is 51.2 Å². The van der Waals surface area contributed by atoms with Crippen LogP contribution in [0.25, 0.3) is 0 Å². The van der Waals surface area contributed by atoms with Gasteiger partial charge in [-0.25, -0.2) is 0 Å². The number of hydrogen-bond acceptors (Lipinski definition) is 3. The SMILES string of the molecule is O=S(=O)(NCc1ccccc1)N(Cc1ccccn1)C1CCCCC1. The molecule has 1 N–H and O–H groups in total. The van der Waals surface area contributed by atoms with Crippen LogP contribution in [0.2, 0.25) is 0 Å². The van der Waals surface area contributed by atoms with Crippen LogP contribution in [-0.4, -0.2) is 23.7 Å². The summed E-state index contributed by atoms with van der Waals surface area (Å²) in [7, 11) is -3.58. The predicted molar refractivity (Wildman–Crippen MR) is 98.9 cm³/mol. The number of aromatic nitrogens is 1. The third-order valence-corrected chi connectivity index (χ3v) is 6.19. The van der Waals surface area contributed by atoms with Crippen LogP contribution in [0.1, 0.15) is 43.4 Å². The smallest absolute Gasteiger partial charge is 0.260 e. The minimum Gasteiger partial charge on any atom is -0.260 e. The molecule has 0 unspecified atom stereocenters. The van der Waals surface area contributed by atoms with Crippen LogP contribution in [0, 0.1) is 0 Å². The van der Waals surface area contributed by atoms with Crippen molar-refractivity contribution in [1.29, 1.82) is 0 Å². The zero-order chi connectivity index (χ0) is 17.5. The molecule has 25 heavy (non-hydrogen) atoms. The average molecular weight is 359 g/mol. The molecule has 0 bridgehead atoms. The number of pyridine rings is 1. The van der Waals surface area contributed by atoms with Gasteiger partial charge in [0, 0.05) is 18.8 Å². The Kier molecular flexibility index (Phi) is 6.18. The van der Waals surface area contributed by atoms with Crippen molar-refractivity contribution in [3.63, 3.8) is 0 Å². The molecular weight excluding hydrogens is 334 g/mol. The molecule has 1 aromatic heterocycles. The van der Waals surface area contributed by atoms with Crippen molar-refractivity contribution in [2.24, 2.45) is 0 Å². The van der Waals surface area contributed by atoms with Crippen LogP contribution in [-0.2, 0) is 23.3 Å². The van der Waals surface area contributed by atoms with E-state index in [1.54, 1.807) is 10.5 Å². The molecule has 5 nitrogen and oxygen atoms in total. The van der Waals surface area contributed by atoms with Crippen molar-refractivity contribution < 1.29 is 8.42 Å². The van der Waals surface area contributed by atoms with Crippen LogP contribution in [0.15, 0.2) is 54.7 Å². The molecule has 1 fully saturated rings. The lowest BCUT2D eigenvalue weighted by Crippen LogP contribution is -2.46. The van der Waals surface area contributed by atoms with Gasteiger partial charge in [-0.2, -0.15) is 17.4 Å². The van der Waals surface area contributed by atoms with E-state index in [9.17, 15) is 8.42 Å². The molecule has 6 heteroatoms. The molecule has 1 saturated carbocycles. The minimum absolute atomic E-state index is 0.0454. The number of nitrogens with zero attached hydrogens (tertiary/aromatic N) is 2. The molecule has 0 aliphatic heterocycles. The fourth-order valence-corrected chi connectivity index (χ4v) is 4.70. The van der Waals surface area contributed by atoms with Gasteiger partial charge in [0.1, 0.15) is 0 Å². The third-order valence-electron chi connectivity index (χ3n) is 4.64. The van der Waals surface area contributed by atoms with Gasteiger partial charge in [-0.15, -0.1) is 0 Å². The van der Waals surface area contributed by atoms with Gasteiger partial charge >= 0.3 is 0 Å². The van der Waals surface area contributed by atoms with Crippen LogP contribution >= 0.6 is 0 Å². The summed E-state index contributed by atoms with van der Waals surface area (Å²) in [4.78, 5) is 4.31. The van der Waals surface area contributed by atoms with Gasteiger partial charge in [0.2, 0.25) is 0 Å². The van der Waals surface area contributed by atoms with E-state index in [1.807, 2.05) is 48.5 Å². The fourth-order valence-electron chi connectivity index (χ4n) is 3.28. The van der Waals surface area contributed by atoms with E-state index in [0.717, 1.165) is 36.9 Å². The van der Waals surface area contributed by atoms with E-state index >= 15 is 0 Å². The van der Waals surface area contributed by atoms with Crippen LogP contribution in [0.4, 0.5) is 0 Å². The van der Waals surface area contributed by atoms with Crippen LogP contribution < -0.4 is 4.72 Å². The molecule has 0 saturated heterocycles. The second-order valence-electron chi connectivity index (χ2n) is 6.47. The molecular formula is C19H25N3O2S. The van der Waals surface area contributed by atoms with E-state index in [4.69, 9.17) is 0 Å². The summed E-state index contributed by atoms with van der Waals surface area (Å²) in [5, 5.41) is 0. The summed E-state index contributed by atoms with van der Waals surface area (Å²) in [6.07, 6.45) is 6.89. The van der Waals surface area contributed by atoms with Gasteiger partial charge < -0.3 is 0 Å². The maximum Gasteiger partial charge on any atom is 0.280 e. The lowest BCUT2D eigenvalue weighted by Gasteiger charge is -2.33. The number of benzene rings is 1. The molecule has 1 heterocycles. The highest BCUT2D eigenvalue weighted by Crippen LogP contribution is 2.25. The van der Waals surface area contributed by atoms with E-state index in [1.165, 1.54) is 6.42 Å². The summed E-state index contributed by atoms with van der Waals surface area (Å²) in [6.45, 7) is 0.615. The van der Waals surface area contributed by atoms with Gasteiger partial charge in [0.15, 0.2) is 0 Å². The van der Waals surface area contributed by atoms with E-state index in [-0.39, 0.29) is 6.04 Å². The van der Waals surface area contributed by atoms with Crippen LogP contribution in [0.5, 0.6) is 0 Å². The summed E-state index contributed by atoms with van der Waals surface area (Å²) >= 11 is 0. The summed E-state index contributed by atoms with van der Waals surface area (Å²) in [5.74, 6) is 0. The maximum atomic E-state index is 13.0. The standard InChI is InChI=1S/C19H25N3O2S/c23-25(24,21-15-17-9-3-1-4-10-17)22(19-12-5-2-6-13-19)16-18-11-7-8-14-20-18/h1,3-4,7-11,14,19,21H,2,5-6,12-13,15-16H2. The van der Waals surface area contributed by atoms with Crippen molar-refractivity contribution in [3.05, 3.63) is 66.0 Å². The highest BCUT2D eigenvalue weighted by molar-refractivity contribution is 7.87. The number of nitrogens with one attached hydrogen (secondary N) is 1. The van der Waals surface area contributed by atoms with Gasteiger partial charge in [-0.3, -0.25) is 4.98 Å². The second-order valence-corrected chi connectivity index (χ2v) is 8.18. The Balaban J connectivity index is 1.76. The monoisotopic (exact) mass is 359 g/mol. The highest BCUT2D eigenvalue weighted by Gasteiger charge is 2.31. The van der Waals surface area contributed by atoms with Crippen molar-refractivity contribution in [3.8, 4) is 0 Å². The first-order valence-electron chi connectivity index (χ1n) is 8.85. The first-order chi connectivity index (χ1) is 12.1. The normalized spacial score (nSPS) is 16.2. The molecule has 3 rings (SSSR count). The number of hydrogen-bond donors (Lipinski definition) is 1. The summed E-state index contributed by atoms with van der Waals surface area (Å²) < 4.78 is 30.4.